The molecule has 0 aromatic heterocycles. The lowest BCUT2D eigenvalue weighted by Crippen LogP contribution is -2.16. The summed E-state index contributed by atoms with van der Waals surface area (Å²) >= 11 is 2.01. The highest BCUT2D eigenvalue weighted by Crippen LogP contribution is 2.34. The van der Waals surface area contributed by atoms with Crippen LogP contribution in [0.2, 0.25) is 0 Å². The first kappa shape index (κ1) is 16.0. The Balaban J connectivity index is 2.03. The van der Waals surface area contributed by atoms with Crippen molar-refractivity contribution in [2.45, 2.75) is 43.6 Å². The maximum Gasteiger partial charge on any atom is 0.173 e. The standard InChI is InChI=1S/C16H24N2O2S/c1-11-4-3-5-13(8-11)21-10-12-6-7-15(20-2)14(9-12)16(17)18-19/h6-7,9,11,13,19H,3-5,8,10H2,1-2H3,(H2,17,18). The van der Waals surface area contributed by atoms with Crippen molar-refractivity contribution < 1.29 is 9.94 Å². The summed E-state index contributed by atoms with van der Waals surface area (Å²) in [4.78, 5) is 0. The Kier molecular flexibility index (Phi) is 5.79. The molecule has 5 heteroatoms. The molecular weight excluding hydrogens is 284 g/mol. The average Bonchev–Trinajstić information content (AvgIpc) is 2.52. The van der Waals surface area contributed by atoms with E-state index in [2.05, 4.69) is 12.1 Å². The third-order valence-corrected chi connectivity index (χ3v) is 5.42. The Hall–Kier alpha value is -1.36. The van der Waals surface area contributed by atoms with Crippen LogP contribution < -0.4 is 10.5 Å². The maximum atomic E-state index is 8.86. The van der Waals surface area contributed by atoms with E-state index >= 15 is 0 Å². The lowest BCUT2D eigenvalue weighted by Gasteiger charge is -2.26. The molecule has 0 aliphatic heterocycles. The minimum Gasteiger partial charge on any atom is -0.496 e. The molecule has 1 aliphatic rings. The first-order valence-corrected chi connectivity index (χ1v) is 8.45. The summed E-state index contributed by atoms with van der Waals surface area (Å²) in [6.07, 6.45) is 5.34. The molecule has 0 amide bonds. The van der Waals surface area contributed by atoms with Gasteiger partial charge < -0.3 is 15.7 Å². The van der Waals surface area contributed by atoms with E-state index in [9.17, 15) is 0 Å². The Morgan fingerprint density at radius 1 is 1.48 bits per heavy atom. The minimum absolute atomic E-state index is 0.0880. The van der Waals surface area contributed by atoms with E-state index in [1.165, 1.54) is 31.2 Å². The second kappa shape index (κ2) is 7.59. The van der Waals surface area contributed by atoms with Gasteiger partial charge in [-0.1, -0.05) is 31.0 Å². The summed E-state index contributed by atoms with van der Waals surface area (Å²) in [6, 6.07) is 5.88. The molecule has 4 nitrogen and oxygen atoms in total. The molecule has 0 bridgehead atoms. The summed E-state index contributed by atoms with van der Waals surface area (Å²) < 4.78 is 5.25. The van der Waals surface area contributed by atoms with Gasteiger partial charge in [0.15, 0.2) is 5.84 Å². The molecule has 1 aromatic carbocycles. The predicted octanol–water partition coefficient (Wildman–Crippen LogP) is 3.60. The first-order chi connectivity index (χ1) is 10.1. The molecule has 1 aromatic rings. The molecule has 1 saturated carbocycles. The molecule has 1 fully saturated rings. The fourth-order valence-corrected chi connectivity index (χ4v) is 4.25. The number of rotatable bonds is 5. The molecule has 1 aliphatic carbocycles. The van der Waals surface area contributed by atoms with Gasteiger partial charge in [-0.25, -0.2) is 0 Å². The molecule has 0 radical (unpaired) electrons. The van der Waals surface area contributed by atoms with E-state index in [0.717, 1.165) is 16.9 Å². The number of hydrogen-bond acceptors (Lipinski definition) is 4. The molecule has 21 heavy (non-hydrogen) atoms. The van der Waals surface area contributed by atoms with Crippen molar-refractivity contribution in [2.24, 2.45) is 16.8 Å². The highest BCUT2D eigenvalue weighted by Gasteiger charge is 2.19. The summed E-state index contributed by atoms with van der Waals surface area (Å²) in [7, 11) is 1.58. The van der Waals surface area contributed by atoms with Gasteiger partial charge in [0.05, 0.1) is 12.7 Å². The van der Waals surface area contributed by atoms with Gasteiger partial charge in [0.2, 0.25) is 0 Å². The zero-order valence-corrected chi connectivity index (χ0v) is 13.5. The lowest BCUT2D eigenvalue weighted by atomic mass is 9.91. The van der Waals surface area contributed by atoms with Crippen molar-refractivity contribution in [3.05, 3.63) is 29.3 Å². The third-order valence-electron chi connectivity index (χ3n) is 4.02. The number of nitrogens with two attached hydrogens (primary N) is 1. The predicted molar refractivity (Wildman–Crippen MR) is 88.2 cm³/mol. The van der Waals surface area contributed by atoms with Crippen LogP contribution in [0.1, 0.15) is 43.7 Å². The van der Waals surface area contributed by atoms with E-state index in [1.54, 1.807) is 7.11 Å². The van der Waals surface area contributed by atoms with E-state index < -0.39 is 0 Å². The van der Waals surface area contributed by atoms with Crippen molar-refractivity contribution in [1.82, 2.24) is 0 Å². The summed E-state index contributed by atoms with van der Waals surface area (Å²) in [5, 5.41) is 12.7. The number of benzene rings is 1. The van der Waals surface area contributed by atoms with Crippen molar-refractivity contribution in [3.8, 4) is 5.75 Å². The van der Waals surface area contributed by atoms with Gasteiger partial charge in [-0.15, -0.1) is 0 Å². The van der Waals surface area contributed by atoms with Crippen LogP contribution in [0, 0.1) is 5.92 Å². The Morgan fingerprint density at radius 2 is 2.29 bits per heavy atom. The Morgan fingerprint density at radius 3 is 2.95 bits per heavy atom. The first-order valence-electron chi connectivity index (χ1n) is 7.40. The number of thioether (sulfide) groups is 1. The van der Waals surface area contributed by atoms with Crippen LogP contribution in [0.15, 0.2) is 23.4 Å². The second-order valence-corrected chi connectivity index (χ2v) is 7.01. The number of amidine groups is 1. The molecule has 0 spiro atoms. The molecule has 0 saturated heterocycles. The van der Waals surface area contributed by atoms with Gasteiger partial charge >= 0.3 is 0 Å². The maximum absolute atomic E-state index is 8.86. The zero-order valence-electron chi connectivity index (χ0n) is 12.7. The SMILES string of the molecule is COc1ccc(CSC2CCCC(C)C2)cc1C(N)=NO. The number of nitrogens with zero attached hydrogens (tertiary/aromatic N) is 1. The normalized spacial score (nSPS) is 23.0. The largest absolute Gasteiger partial charge is 0.496 e. The minimum atomic E-state index is 0.0880. The summed E-state index contributed by atoms with van der Waals surface area (Å²) in [5.74, 6) is 2.52. The second-order valence-electron chi connectivity index (χ2n) is 5.72. The Labute approximate surface area is 130 Å². The molecule has 2 atom stereocenters. The van der Waals surface area contributed by atoms with E-state index in [0.29, 0.717) is 11.3 Å². The van der Waals surface area contributed by atoms with Crippen LogP contribution in [-0.4, -0.2) is 23.4 Å². The van der Waals surface area contributed by atoms with Crippen LogP contribution in [0.5, 0.6) is 5.75 Å². The van der Waals surface area contributed by atoms with Crippen LogP contribution >= 0.6 is 11.8 Å². The van der Waals surface area contributed by atoms with Crippen molar-refractivity contribution in [2.75, 3.05) is 7.11 Å². The quantitative estimate of drug-likeness (QED) is 0.377. The summed E-state index contributed by atoms with van der Waals surface area (Å²) in [6.45, 7) is 2.34. The molecule has 2 rings (SSSR count). The van der Waals surface area contributed by atoms with Crippen LogP contribution in [0.3, 0.4) is 0 Å². The van der Waals surface area contributed by atoms with E-state index in [1.807, 2.05) is 30.0 Å². The molecule has 116 valence electrons. The highest BCUT2D eigenvalue weighted by molar-refractivity contribution is 7.99. The smallest absolute Gasteiger partial charge is 0.173 e. The van der Waals surface area contributed by atoms with Gasteiger partial charge in [-0.2, -0.15) is 11.8 Å². The van der Waals surface area contributed by atoms with Crippen molar-refractivity contribution in [3.63, 3.8) is 0 Å². The number of methoxy groups -OCH3 is 1. The molecule has 0 heterocycles. The molecule has 3 N–H and O–H groups in total. The number of oxime groups is 1. The molecule has 2 unspecified atom stereocenters. The number of hydrogen-bond donors (Lipinski definition) is 2. The Bertz CT molecular complexity index is 505. The third kappa shape index (κ3) is 4.30. The van der Waals surface area contributed by atoms with Crippen LogP contribution in [0.25, 0.3) is 0 Å². The average molecular weight is 308 g/mol. The highest BCUT2D eigenvalue weighted by atomic mass is 32.2. The monoisotopic (exact) mass is 308 g/mol. The topological polar surface area (TPSA) is 67.8 Å². The number of ether oxygens (including phenoxy) is 1. The van der Waals surface area contributed by atoms with Crippen molar-refractivity contribution in [1.29, 1.82) is 0 Å². The molecular formula is C16H24N2O2S. The van der Waals surface area contributed by atoms with Gasteiger partial charge in [-0.3, -0.25) is 0 Å². The fraction of sp³-hybridized carbons (Fsp3) is 0.562. The summed E-state index contributed by atoms with van der Waals surface area (Å²) in [5.41, 5.74) is 7.54. The van der Waals surface area contributed by atoms with Gasteiger partial charge in [-0.05, 0) is 36.5 Å². The van der Waals surface area contributed by atoms with Crippen LogP contribution in [0.4, 0.5) is 0 Å². The van der Waals surface area contributed by atoms with Gasteiger partial charge in [0.25, 0.3) is 0 Å². The van der Waals surface area contributed by atoms with Gasteiger partial charge in [0, 0.05) is 11.0 Å². The lowest BCUT2D eigenvalue weighted by molar-refractivity contribution is 0.318. The zero-order chi connectivity index (χ0) is 15.2. The van der Waals surface area contributed by atoms with E-state index in [-0.39, 0.29) is 5.84 Å². The van der Waals surface area contributed by atoms with Crippen molar-refractivity contribution >= 4 is 17.6 Å². The van der Waals surface area contributed by atoms with Crippen LogP contribution in [-0.2, 0) is 5.75 Å². The van der Waals surface area contributed by atoms with E-state index in [4.69, 9.17) is 15.7 Å². The fourth-order valence-electron chi connectivity index (χ4n) is 2.84. The van der Waals surface area contributed by atoms with Gasteiger partial charge in [0.1, 0.15) is 5.75 Å².